The van der Waals surface area contributed by atoms with E-state index in [2.05, 4.69) is 58.5 Å². The Kier molecular flexibility index (Phi) is 6.40. The lowest BCUT2D eigenvalue weighted by atomic mass is 10.0. The van der Waals surface area contributed by atoms with Crippen molar-refractivity contribution in [3.05, 3.63) is 63.6 Å². The number of carbonyl (C=O) groups is 1. The third-order valence-corrected chi connectivity index (χ3v) is 4.83. The average molecular weight is 368 g/mol. The van der Waals surface area contributed by atoms with Crippen LogP contribution in [0.25, 0.3) is 0 Å². The van der Waals surface area contributed by atoms with Crippen molar-refractivity contribution in [2.24, 2.45) is 5.92 Å². The molecule has 1 aliphatic heterocycles. The molecule has 144 valence electrons. The molecule has 0 saturated carbocycles. The molecule has 1 unspecified atom stereocenters. The molecule has 0 radical (unpaired) electrons. The Balaban J connectivity index is 1.53. The predicted octanol–water partition coefficient (Wildman–Crippen LogP) is 2.36. The van der Waals surface area contributed by atoms with Crippen LogP contribution >= 0.6 is 0 Å². The van der Waals surface area contributed by atoms with Gasteiger partial charge in [0.25, 0.3) is 11.5 Å². The van der Waals surface area contributed by atoms with E-state index in [0.29, 0.717) is 5.92 Å². The number of rotatable bonds is 6. The van der Waals surface area contributed by atoms with Crippen LogP contribution in [0.3, 0.4) is 0 Å². The average Bonchev–Trinajstić information content (AvgIpc) is 2.64. The maximum absolute atomic E-state index is 12.3. The van der Waals surface area contributed by atoms with Crippen molar-refractivity contribution in [2.45, 2.75) is 45.7 Å². The summed E-state index contributed by atoms with van der Waals surface area (Å²) in [5.41, 5.74) is 2.62. The van der Waals surface area contributed by atoms with Crippen molar-refractivity contribution in [3.8, 4) is 0 Å². The quantitative estimate of drug-likeness (QED) is 0.820. The van der Waals surface area contributed by atoms with Gasteiger partial charge in [-0.2, -0.15) is 5.10 Å². The van der Waals surface area contributed by atoms with Gasteiger partial charge in [-0.25, -0.2) is 5.10 Å². The fourth-order valence-electron chi connectivity index (χ4n) is 3.56. The van der Waals surface area contributed by atoms with Gasteiger partial charge in [0.15, 0.2) is 0 Å². The van der Waals surface area contributed by atoms with E-state index < -0.39 is 0 Å². The largest absolute Gasteiger partial charge is 0.347 e. The molecule has 1 aromatic carbocycles. The molecular formula is C21H28N4O2. The molecule has 2 heterocycles. The molecule has 1 fully saturated rings. The summed E-state index contributed by atoms with van der Waals surface area (Å²) >= 11 is 0. The van der Waals surface area contributed by atoms with Gasteiger partial charge in [0.1, 0.15) is 5.69 Å². The molecule has 2 aromatic rings. The van der Waals surface area contributed by atoms with E-state index >= 15 is 0 Å². The number of amides is 1. The molecule has 1 aromatic heterocycles. The van der Waals surface area contributed by atoms with Crippen molar-refractivity contribution >= 4 is 5.91 Å². The summed E-state index contributed by atoms with van der Waals surface area (Å²) in [5.74, 6) is 0.426. The van der Waals surface area contributed by atoms with Crippen LogP contribution < -0.4 is 10.9 Å². The number of hydrogen-bond acceptors (Lipinski definition) is 4. The maximum atomic E-state index is 12.3. The first-order chi connectivity index (χ1) is 13.0. The normalized spacial score (nSPS) is 17.8. The fourth-order valence-corrected chi connectivity index (χ4v) is 3.56. The van der Waals surface area contributed by atoms with Crippen LogP contribution in [0.5, 0.6) is 0 Å². The second-order valence-electron chi connectivity index (χ2n) is 7.77. The number of benzene rings is 1. The summed E-state index contributed by atoms with van der Waals surface area (Å²) in [4.78, 5) is 25.7. The van der Waals surface area contributed by atoms with Gasteiger partial charge in [-0.05, 0) is 48.9 Å². The van der Waals surface area contributed by atoms with Crippen molar-refractivity contribution < 1.29 is 4.79 Å². The highest BCUT2D eigenvalue weighted by atomic mass is 16.2. The first kappa shape index (κ1) is 19.3. The number of carbonyl (C=O) groups excluding carboxylic acids is 1. The van der Waals surface area contributed by atoms with Crippen LogP contribution in [0.2, 0.25) is 0 Å². The predicted molar refractivity (Wildman–Crippen MR) is 106 cm³/mol. The van der Waals surface area contributed by atoms with E-state index in [1.165, 1.54) is 23.3 Å². The van der Waals surface area contributed by atoms with E-state index in [9.17, 15) is 9.59 Å². The zero-order valence-corrected chi connectivity index (χ0v) is 16.1. The molecule has 1 aliphatic rings. The van der Waals surface area contributed by atoms with Gasteiger partial charge in [0.2, 0.25) is 0 Å². The Hall–Kier alpha value is -2.47. The topological polar surface area (TPSA) is 78.1 Å². The molecule has 3 rings (SSSR count). The number of hydrogen-bond donors (Lipinski definition) is 2. The minimum atomic E-state index is -0.310. The first-order valence-electron chi connectivity index (χ1n) is 9.66. The SMILES string of the molecule is CC(C)Cc1ccc(CN2CCCC(NC(=O)c3ccc(=O)[nH]n3)C2)cc1. The lowest BCUT2D eigenvalue weighted by Crippen LogP contribution is -2.47. The number of nitrogens with zero attached hydrogens (tertiary/aromatic N) is 2. The van der Waals surface area contributed by atoms with E-state index in [1.807, 2.05) is 0 Å². The smallest absolute Gasteiger partial charge is 0.271 e. The second kappa shape index (κ2) is 8.95. The first-order valence-corrected chi connectivity index (χ1v) is 9.66. The Morgan fingerprint density at radius 1 is 1.22 bits per heavy atom. The molecule has 0 aliphatic carbocycles. The number of likely N-dealkylation sites (tertiary alicyclic amines) is 1. The number of nitrogens with one attached hydrogen (secondary N) is 2. The monoisotopic (exact) mass is 368 g/mol. The van der Waals surface area contributed by atoms with Gasteiger partial charge in [0.05, 0.1) is 0 Å². The van der Waals surface area contributed by atoms with Crippen LogP contribution in [0.4, 0.5) is 0 Å². The number of aromatic amines is 1. The Morgan fingerprint density at radius 2 is 1.96 bits per heavy atom. The number of piperidine rings is 1. The Bertz CT molecular complexity index is 793. The van der Waals surface area contributed by atoms with Gasteiger partial charge >= 0.3 is 0 Å². The Morgan fingerprint density at radius 3 is 2.63 bits per heavy atom. The molecule has 1 amide bonds. The minimum absolute atomic E-state index is 0.0974. The zero-order chi connectivity index (χ0) is 19.2. The molecule has 27 heavy (non-hydrogen) atoms. The van der Waals surface area contributed by atoms with Gasteiger partial charge in [-0.15, -0.1) is 0 Å². The lowest BCUT2D eigenvalue weighted by molar-refractivity contribution is 0.0894. The van der Waals surface area contributed by atoms with Crippen molar-refractivity contribution in [2.75, 3.05) is 13.1 Å². The van der Waals surface area contributed by atoms with Gasteiger partial charge in [0, 0.05) is 25.2 Å². The Labute approximate surface area is 160 Å². The van der Waals surface area contributed by atoms with Crippen LogP contribution in [-0.2, 0) is 13.0 Å². The summed E-state index contributed by atoms with van der Waals surface area (Å²) in [6.07, 6.45) is 3.12. The van der Waals surface area contributed by atoms with Crippen LogP contribution in [0.15, 0.2) is 41.2 Å². The van der Waals surface area contributed by atoms with Crippen molar-refractivity contribution in [3.63, 3.8) is 0 Å². The fraction of sp³-hybridized carbons (Fsp3) is 0.476. The molecule has 1 atom stereocenters. The van der Waals surface area contributed by atoms with E-state index in [0.717, 1.165) is 38.9 Å². The third-order valence-electron chi connectivity index (χ3n) is 4.83. The molecule has 0 spiro atoms. The van der Waals surface area contributed by atoms with E-state index in [-0.39, 0.29) is 23.2 Å². The summed E-state index contributed by atoms with van der Waals surface area (Å²) < 4.78 is 0. The highest BCUT2D eigenvalue weighted by Gasteiger charge is 2.22. The number of H-pyrrole nitrogens is 1. The second-order valence-corrected chi connectivity index (χ2v) is 7.77. The van der Waals surface area contributed by atoms with Crippen molar-refractivity contribution in [1.82, 2.24) is 20.4 Å². The van der Waals surface area contributed by atoms with Gasteiger partial charge in [-0.3, -0.25) is 14.5 Å². The molecular weight excluding hydrogens is 340 g/mol. The van der Waals surface area contributed by atoms with Crippen LogP contribution in [0, 0.1) is 5.92 Å². The highest BCUT2D eigenvalue weighted by molar-refractivity contribution is 5.92. The van der Waals surface area contributed by atoms with Crippen LogP contribution in [0.1, 0.15) is 48.3 Å². The molecule has 2 N–H and O–H groups in total. The minimum Gasteiger partial charge on any atom is -0.347 e. The molecule has 6 nitrogen and oxygen atoms in total. The third kappa shape index (κ3) is 5.76. The summed E-state index contributed by atoms with van der Waals surface area (Å²) in [7, 11) is 0. The van der Waals surface area contributed by atoms with E-state index in [1.54, 1.807) is 0 Å². The standard InChI is InChI=1S/C21H28N4O2/c1-15(2)12-16-5-7-17(8-6-16)13-25-11-3-4-18(14-25)22-21(27)19-9-10-20(26)24-23-19/h5-10,15,18H,3-4,11-14H2,1-2H3,(H,22,27)(H,24,26). The summed E-state index contributed by atoms with van der Waals surface area (Å²) in [6.45, 7) is 7.22. The van der Waals surface area contributed by atoms with E-state index in [4.69, 9.17) is 0 Å². The molecule has 6 heteroatoms. The summed E-state index contributed by atoms with van der Waals surface area (Å²) in [6, 6.07) is 11.7. The van der Waals surface area contributed by atoms with Crippen LogP contribution in [-0.4, -0.2) is 40.1 Å². The number of aromatic nitrogens is 2. The molecule has 1 saturated heterocycles. The maximum Gasteiger partial charge on any atom is 0.271 e. The zero-order valence-electron chi connectivity index (χ0n) is 16.1. The lowest BCUT2D eigenvalue weighted by Gasteiger charge is -2.33. The molecule has 0 bridgehead atoms. The van der Waals surface area contributed by atoms with Crippen molar-refractivity contribution in [1.29, 1.82) is 0 Å². The summed E-state index contributed by atoms with van der Waals surface area (Å²) in [5, 5.41) is 9.13. The highest BCUT2D eigenvalue weighted by Crippen LogP contribution is 2.16. The van der Waals surface area contributed by atoms with Gasteiger partial charge < -0.3 is 5.32 Å². The van der Waals surface area contributed by atoms with Gasteiger partial charge in [-0.1, -0.05) is 38.1 Å².